The van der Waals surface area contributed by atoms with Crippen molar-refractivity contribution in [1.82, 2.24) is 4.98 Å². The summed E-state index contributed by atoms with van der Waals surface area (Å²) in [6.45, 7) is 6.17. The Morgan fingerprint density at radius 3 is 2.62 bits per heavy atom. The molecule has 0 spiro atoms. The normalized spacial score (nSPS) is 11.0. The average Bonchev–Trinajstić information content (AvgIpc) is 2.89. The fraction of sp³-hybridized carbons (Fsp3) is 0.263. The number of hydrogen-bond acceptors (Lipinski definition) is 5. The van der Waals surface area contributed by atoms with Crippen molar-refractivity contribution in [2.45, 2.75) is 27.2 Å². The molecule has 3 rings (SSSR count). The monoisotopic (exact) mass is 340 g/mol. The highest BCUT2D eigenvalue weighted by atomic mass is 32.1. The van der Waals surface area contributed by atoms with Gasteiger partial charge in [0.15, 0.2) is 0 Å². The largest absolute Gasteiger partial charge is 0.462 e. The molecule has 0 unspecified atom stereocenters. The van der Waals surface area contributed by atoms with Gasteiger partial charge in [-0.25, -0.2) is 9.78 Å². The van der Waals surface area contributed by atoms with E-state index in [1.807, 2.05) is 32.0 Å². The van der Waals surface area contributed by atoms with E-state index in [4.69, 9.17) is 10.5 Å². The summed E-state index contributed by atoms with van der Waals surface area (Å²) in [7, 11) is 0. The fourth-order valence-corrected chi connectivity index (χ4v) is 4.02. The predicted molar refractivity (Wildman–Crippen MR) is 98.7 cm³/mol. The first-order chi connectivity index (χ1) is 11.5. The van der Waals surface area contributed by atoms with Crippen LogP contribution in [0.2, 0.25) is 0 Å². The molecular formula is C19H20N2O2S. The molecular weight excluding hydrogens is 320 g/mol. The third-order valence-electron chi connectivity index (χ3n) is 4.14. The number of fused-ring (bicyclic) bond motifs is 1. The van der Waals surface area contributed by atoms with Crippen molar-refractivity contribution in [3.63, 3.8) is 0 Å². The zero-order chi connectivity index (χ0) is 17.3. The maximum atomic E-state index is 12.1. The molecule has 0 saturated carbocycles. The summed E-state index contributed by atoms with van der Waals surface area (Å²) in [5, 5.41) is 0.875. The number of ether oxygens (including phenoxy) is 1. The van der Waals surface area contributed by atoms with E-state index < -0.39 is 0 Å². The number of anilines is 1. The molecule has 2 heterocycles. The topological polar surface area (TPSA) is 65.2 Å². The molecule has 2 N–H and O–H groups in total. The fourth-order valence-electron chi connectivity index (χ4n) is 2.92. The molecule has 0 amide bonds. The van der Waals surface area contributed by atoms with Crippen LogP contribution in [0.3, 0.4) is 0 Å². The second-order valence-corrected chi connectivity index (χ2v) is 6.71. The van der Waals surface area contributed by atoms with Gasteiger partial charge in [-0.2, -0.15) is 0 Å². The van der Waals surface area contributed by atoms with Gasteiger partial charge >= 0.3 is 5.97 Å². The lowest BCUT2D eigenvalue weighted by molar-refractivity contribution is 0.0533. The number of aromatic nitrogens is 1. The average molecular weight is 340 g/mol. The van der Waals surface area contributed by atoms with Gasteiger partial charge in [0.05, 0.1) is 12.3 Å². The summed E-state index contributed by atoms with van der Waals surface area (Å²) in [6.07, 6.45) is 0.797. The van der Waals surface area contributed by atoms with Gasteiger partial charge in [-0.15, -0.1) is 11.3 Å². The van der Waals surface area contributed by atoms with E-state index in [1.165, 1.54) is 16.9 Å². The van der Waals surface area contributed by atoms with Crippen molar-refractivity contribution >= 4 is 33.2 Å². The molecule has 124 valence electrons. The summed E-state index contributed by atoms with van der Waals surface area (Å²) >= 11 is 1.30. The Balaban J connectivity index is 2.12. The van der Waals surface area contributed by atoms with E-state index in [0.717, 1.165) is 33.5 Å². The zero-order valence-corrected chi connectivity index (χ0v) is 14.9. The molecule has 24 heavy (non-hydrogen) atoms. The number of thiophene rings is 1. The molecule has 0 aliphatic carbocycles. The van der Waals surface area contributed by atoms with E-state index in [-0.39, 0.29) is 5.97 Å². The number of nitrogens with zero attached hydrogens (tertiary/aromatic N) is 1. The summed E-state index contributed by atoms with van der Waals surface area (Å²) in [4.78, 5) is 18.0. The van der Waals surface area contributed by atoms with Gasteiger partial charge in [0.25, 0.3) is 0 Å². The van der Waals surface area contributed by atoms with Crippen molar-refractivity contribution in [2.24, 2.45) is 0 Å². The highest BCUT2D eigenvalue weighted by molar-refractivity contribution is 7.21. The third kappa shape index (κ3) is 2.87. The Bertz CT molecular complexity index is 901. The number of pyridine rings is 1. The molecule has 0 aliphatic rings. The zero-order valence-electron chi connectivity index (χ0n) is 14.1. The Kier molecular flexibility index (Phi) is 4.53. The standard InChI is InChI=1S/C19H20N2O2S/c1-4-23-19(22)17-16(20)15-11(2)14(12(3)21-18(15)24-17)10-13-8-6-5-7-9-13/h5-9H,4,10,20H2,1-3H3. The second kappa shape index (κ2) is 6.61. The van der Waals surface area contributed by atoms with Crippen molar-refractivity contribution in [2.75, 3.05) is 12.3 Å². The predicted octanol–water partition coefficient (Wildman–Crippen LogP) is 4.26. The summed E-state index contributed by atoms with van der Waals surface area (Å²) in [5.74, 6) is -0.375. The number of aryl methyl sites for hydroxylation is 2. The lowest BCUT2D eigenvalue weighted by Crippen LogP contribution is -2.05. The number of benzene rings is 1. The smallest absolute Gasteiger partial charge is 0.350 e. The van der Waals surface area contributed by atoms with Crippen LogP contribution in [-0.2, 0) is 11.2 Å². The van der Waals surface area contributed by atoms with Gasteiger partial charge in [0.1, 0.15) is 9.71 Å². The molecule has 0 fully saturated rings. The van der Waals surface area contributed by atoms with Gasteiger partial charge in [0.2, 0.25) is 0 Å². The minimum Gasteiger partial charge on any atom is -0.462 e. The van der Waals surface area contributed by atoms with Crippen molar-refractivity contribution < 1.29 is 9.53 Å². The van der Waals surface area contributed by atoms with E-state index in [9.17, 15) is 4.79 Å². The van der Waals surface area contributed by atoms with Gasteiger partial charge in [-0.3, -0.25) is 0 Å². The van der Waals surface area contributed by atoms with Gasteiger partial charge in [-0.05, 0) is 43.9 Å². The van der Waals surface area contributed by atoms with Crippen LogP contribution in [0.1, 0.15) is 39.0 Å². The highest BCUT2D eigenvalue weighted by Gasteiger charge is 2.21. The van der Waals surface area contributed by atoms with Crippen molar-refractivity contribution in [3.8, 4) is 0 Å². The minimum absolute atomic E-state index is 0.331. The molecule has 3 aromatic rings. The Morgan fingerprint density at radius 1 is 1.25 bits per heavy atom. The van der Waals surface area contributed by atoms with Crippen LogP contribution < -0.4 is 5.73 Å². The number of nitrogens with two attached hydrogens (primary N) is 1. The van der Waals surface area contributed by atoms with Crippen LogP contribution in [-0.4, -0.2) is 17.6 Å². The number of carbonyl (C=O) groups is 1. The van der Waals surface area contributed by atoms with Crippen LogP contribution in [0.4, 0.5) is 5.69 Å². The van der Waals surface area contributed by atoms with Crippen LogP contribution in [0.15, 0.2) is 30.3 Å². The number of esters is 1. The van der Waals surface area contributed by atoms with E-state index in [0.29, 0.717) is 17.2 Å². The minimum atomic E-state index is -0.375. The van der Waals surface area contributed by atoms with Crippen LogP contribution >= 0.6 is 11.3 Å². The van der Waals surface area contributed by atoms with Crippen LogP contribution in [0.25, 0.3) is 10.2 Å². The van der Waals surface area contributed by atoms with Gasteiger partial charge < -0.3 is 10.5 Å². The number of carbonyl (C=O) groups excluding carboxylic acids is 1. The summed E-state index contributed by atoms with van der Waals surface area (Å²) in [6, 6.07) is 10.3. The first kappa shape index (κ1) is 16.5. The van der Waals surface area contributed by atoms with Gasteiger partial charge in [-0.1, -0.05) is 30.3 Å². The van der Waals surface area contributed by atoms with E-state index >= 15 is 0 Å². The lowest BCUT2D eigenvalue weighted by Gasteiger charge is -2.11. The first-order valence-electron chi connectivity index (χ1n) is 7.92. The molecule has 0 saturated heterocycles. The quantitative estimate of drug-likeness (QED) is 0.721. The molecule has 0 aliphatic heterocycles. The molecule has 4 nitrogen and oxygen atoms in total. The molecule has 0 atom stereocenters. The third-order valence-corrected chi connectivity index (χ3v) is 5.22. The Labute approximate surface area is 145 Å². The number of nitrogen functional groups attached to an aromatic ring is 1. The number of hydrogen-bond donors (Lipinski definition) is 1. The molecule has 5 heteroatoms. The summed E-state index contributed by atoms with van der Waals surface area (Å²) in [5.41, 5.74) is 11.2. The molecule has 1 aromatic carbocycles. The van der Waals surface area contributed by atoms with E-state index in [2.05, 4.69) is 17.1 Å². The molecule has 0 bridgehead atoms. The number of rotatable bonds is 4. The first-order valence-corrected chi connectivity index (χ1v) is 8.73. The van der Waals surface area contributed by atoms with Crippen LogP contribution in [0.5, 0.6) is 0 Å². The van der Waals surface area contributed by atoms with Gasteiger partial charge in [0, 0.05) is 11.1 Å². The van der Waals surface area contributed by atoms with Crippen molar-refractivity contribution in [1.29, 1.82) is 0 Å². The molecule has 2 aromatic heterocycles. The SMILES string of the molecule is CCOC(=O)c1sc2nc(C)c(Cc3ccccc3)c(C)c2c1N. The Hall–Kier alpha value is -2.40. The highest BCUT2D eigenvalue weighted by Crippen LogP contribution is 2.37. The maximum Gasteiger partial charge on any atom is 0.350 e. The van der Waals surface area contributed by atoms with E-state index in [1.54, 1.807) is 6.92 Å². The summed E-state index contributed by atoms with van der Waals surface area (Å²) < 4.78 is 5.10. The lowest BCUT2D eigenvalue weighted by atomic mass is 9.97. The maximum absolute atomic E-state index is 12.1. The Morgan fingerprint density at radius 2 is 1.96 bits per heavy atom. The second-order valence-electron chi connectivity index (χ2n) is 5.71. The molecule has 0 radical (unpaired) electrons. The van der Waals surface area contributed by atoms with Crippen molar-refractivity contribution in [3.05, 3.63) is 57.6 Å². The van der Waals surface area contributed by atoms with Crippen LogP contribution in [0, 0.1) is 13.8 Å².